The van der Waals surface area contributed by atoms with E-state index in [0.29, 0.717) is 11.7 Å². The summed E-state index contributed by atoms with van der Waals surface area (Å²) in [6.07, 6.45) is 0. The number of halogens is 1. The van der Waals surface area contributed by atoms with Crippen molar-refractivity contribution in [1.29, 1.82) is 0 Å². The van der Waals surface area contributed by atoms with Crippen LogP contribution in [0.25, 0.3) is 0 Å². The third-order valence-electron chi connectivity index (χ3n) is 2.68. The number of hydrogen-bond acceptors (Lipinski definition) is 1. The molecule has 19 heavy (non-hydrogen) atoms. The molecule has 2 aromatic rings. The molecule has 0 aliphatic carbocycles. The minimum absolute atomic E-state index is 0.229. The largest absolute Gasteiger partial charge is 0.348 e. The van der Waals surface area contributed by atoms with Gasteiger partial charge in [-0.1, -0.05) is 30.3 Å². The van der Waals surface area contributed by atoms with E-state index in [0.717, 1.165) is 11.3 Å². The van der Waals surface area contributed by atoms with Gasteiger partial charge in [-0.15, -0.1) is 0 Å². The molecule has 2 rings (SSSR count). The summed E-state index contributed by atoms with van der Waals surface area (Å²) in [5, 5.41) is 3.75. The number of hydrogen-bond donors (Lipinski definition) is 1. The van der Waals surface area contributed by atoms with E-state index in [1.807, 2.05) is 48.3 Å². The van der Waals surface area contributed by atoms with Crippen LogP contribution in [0.4, 0.5) is 10.1 Å². The maximum atomic E-state index is 13.1. The summed E-state index contributed by atoms with van der Waals surface area (Å²) in [5.74, 6) is -0.229. The van der Waals surface area contributed by atoms with Crippen LogP contribution in [-0.4, -0.2) is 17.1 Å². The van der Waals surface area contributed by atoms with Crippen LogP contribution >= 0.6 is 12.2 Å². The Morgan fingerprint density at radius 2 is 1.89 bits per heavy atom. The summed E-state index contributed by atoms with van der Waals surface area (Å²) in [6.45, 7) is 0.566. The quantitative estimate of drug-likeness (QED) is 0.860. The van der Waals surface area contributed by atoms with Crippen molar-refractivity contribution in [2.45, 2.75) is 6.54 Å². The first-order chi connectivity index (χ1) is 9.15. The van der Waals surface area contributed by atoms with Crippen molar-refractivity contribution < 1.29 is 4.39 Å². The third-order valence-corrected chi connectivity index (χ3v) is 3.09. The molecule has 0 saturated carbocycles. The van der Waals surface area contributed by atoms with Gasteiger partial charge >= 0.3 is 0 Å². The Hall–Kier alpha value is -1.94. The molecule has 0 radical (unpaired) electrons. The lowest BCUT2D eigenvalue weighted by atomic mass is 10.2. The van der Waals surface area contributed by atoms with Crippen LogP contribution in [0.1, 0.15) is 5.56 Å². The topological polar surface area (TPSA) is 15.3 Å². The molecule has 0 aliphatic rings. The van der Waals surface area contributed by atoms with Crippen LogP contribution < -0.4 is 5.32 Å². The second kappa shape index (κ2) is 6.29. The normalized spacial score (nSPS) is 10.0. The van der Waals surface area contributed by atoms with Gasteiger partial charge in [-0.05, 0) is 42.0 Å². The lowest BCUT2D eigenvalue weighted by molar-refractivity contribution is 0.505. The van der Waals surface area contributed by atoms with Crippen molar-refractivity contribution in [3.8, 4) is 0 Å². The lowest BCUT2D eigenvalue weighted by Crippen LogP contribution is -2.30. The van der Waals surface area contributed by atoms with Crippen LogP contribution in [0.5, 0.6) is 0 Å². The third kappa shape index (κ3) is 4.03. The van der Waals surface area contributed by atoms with Gasteiger partial charge < -0.3 is 10.2 Å². The summed E-state index contributed by atoms with van der Waals surface area (Å²) in [7, 11) is 1.88. The minimum atomic E-state index is -0.229. The fraction of sp³-hybridized carbons (Fsp3) is 0.133. The molecule has 0 saturated heterocycles. The van der Waals surface area contributed by atoms with Gasteiger partial charge in [0.25, 0.3) is 0 Å². The number of nitrogens with one attached hydrogen (secondary N) is 1. The van der Waals surface area contributed by atoms with E-state index in [4.69, 9.17) is 12.2 Å². The summed E-state index contributed by atoms with van der Waals surface area (Å²) in [6, 6.07) is 16.3. The van der Waals surface area contributed by atoms with Crippen LogP contribution in [0.15, 0.2) is 54.6 Å². The molecule has 0 unspecified atom stereocenters. The van der Waals surface area contributed by atoms with Gasteiger partial charge in [0.2, 0.25) is 0 Å². The monoisotopic (exact) mass is 274 g/mol. The molecule has 0 heterocycles. The minimum Gasteiger partial charge on any atom is -0.348 e. The molecule has 0 aromatic heterocycles. The Morgan fingerprint density at radius 3 is 2.58 bits per heavy atom. The zero-order chi connectivity index (χ0) is 13.7. The Balaban J connectivity index is 1.96. The molecular weight excluding hydrogens is 259 g/mol. The number of benzene rings is 2. The maximum absolute atomic E-state index is 13.1. The zero-order valence-corrected chi connectivity index (χ0v) is 11.5. The molecule has 4 heteroatoms. The maximum Gasteiger partial charge on any atom is 0.173 e. The fourth-order valence-electron chi connectivity index (χ4n) is 1.72. The van der Waals surface area contributed by atoms with Gasteiger partial charge in [0.05, 0.1) is 0 Å². The molecule has 0 bridgehead atoms. The van der Waals surface area contributed by atoms with E-state index in [9.17, 15) is 4.39 Å². The molecule has 0 amide bonds. The summed E-state index contributed by atoms with van der Waals surface area (Å²) >= 11 is 5.31. The molecule has 0 spiro atoms. The average Bonchev–Trinajstić information content (AvgIpc) is 2.40. The first-order valence-corrected chi connectivity index (χ1v) is 6.37. The van der Waals surface area contributed by atoms with E-state index in [2.05, 4.69) is 5.32 Å². The van der Waals surface area contributed by atoms with Crippen molar-refractivity contribution in [2.24, 2.45) is 0 Å². The van der Waals surface area contributed by atoms with Crippen molar-refractivity contribution >= 4 is 23.0 Å². The lowest BCUT2D eigenvalue weighted by Gasteiger charge is -2.21. The van der Waals surface area contributed by atoms with Crippen molar-refractivity contribution in [3.63, 3.8) is 0 Å². The van der Waals surface area contributed by atoms with Crippen LogP contribution in [0.3, 0.4) is 0 Å². The van der Waals surface area contributed by atoms with Crippen molar-refractivity contribution in [1.82, 2.24) is 4.90 Å². The van der Waals surface area contributed by atoms with E-state index in [1.54, 1.807) is 6.07 Å². The summed E-state index contributed by atoms with van der Waals surface area (Å²) < 4.78 is 13.1. The van der Waals surface area contributed by atoms with Crippen molar-refractivity contribution in [2.75, 3.05) is 12.4 Å². The van der Waals surface area contributed by atoms with Gasteiger partial charge in [-0.3, -0.25) is 0 Å². The van der Waals surface area contributed by atoms with E-state index in [1.165, 1.54) is 12.1 Å². The van der Waals surface area contributed by atoms with Gasteiger partial charge in [0, 0.05) is 19.3 Å². The first-order valence-electron chi connectivity index (χ1n) is 5.97. The van der Waals surface area contributed by atoms with Crippen LogP contribution in [0, 0.1) is 5.82 Å². The highest BCUT2D eigenvalue weighted by molar-refractivity contribution is 7.80. The molecule has 1 N–H and O–H groups in total. The first kappa shape index (κ1) is 13.5. The van der Waals surface area contributed by atoms with Crippen LogP contribution in [-0.2, 0) is 6.54 Å². The summed E-state index contributed by atoms with van der Waals surface area (Å²) in [5.41, 5.74) is 1.83. The number of thiocarbonyl (C=S) groups is 1. The smallest absolute Gasteiger partial charge is 0.173 e. The molecule has 0 atom stereocenters. The predicted octanol–water partition coefficient (Wildman–Crippen LogP) is 3.65. The average molecular weight is 274 g/mol. The Morgan fingerprint density at radius 1 is 1.16 bits per heavy atom. The number of rotatable bonds is 3. The Kier molecular flexibility index (Phi) is 4.47. The zero-order valence-electron chi connectivity index (χ0n) is 10.6. The van der Waals surface area contributed by atoms with Gasteiger partial charge in [-0.25, -0.2) is 4.39 Å². The predicted molar refractivity (Wildman–Crippen MR) is 80.5 cm³/mol. The van der Waals surface area contributed by atoms with Gasteiger partial charge in [-0.2, -0.15) is 0 Å². The summed E-state index contributed by atoms with van der Waals surface area (Å²) in [4.78, 5) is 1.87. The SMILES string of the molecule is CN(Cc1cccc(F)c1)C(=S)Nc1ccccc1. The van der Waals surface area contributed by atoms with E-state index < -0.39 is 0 Å². The Bertz CT molecular complexity index is 557. The molecule has 2 nitrogen and oxygen atoms in total. The highest BCUT2D eigenvalue weighted by Crippen LogP contribution is 2.09. The number of anilines is 1. The van der Waals surface area contributed by atoms with E-state index >= 15 is 0 Å². The highest BCUT2D eigenvalue weighted by atomic mass is 32.1. The fourth-order valence-corrected chi connectivity index (χ4v) is 1.90. The molecule has 2 aromatic carbocycles. The van der Waals surface area contributed by atoms with E-state index in [-0.39, 0.29) is 5.82 Å². The molecule has 0 fully saturated rings. The van der Waals surface area contributed by atoms with Crippen LogP contribution in [0.2, 0.25) is 0 Å². The van der Waals surface area contributed by atoms with Gasteiger partial charge in [0.1, 0.15) is 5.82 Å². The second-order valence-corrected chi connectivity index (χ2v) is 4.67. The highest BCUT2D eigenvalue weighted by Gasteiger charge is 2.05. The number of para-hydroxylation sites is 1. The molecule has 98 valence electrons. The standard InChI is InChI=1S/C15H15FN2S/c1-18(11-12-6-5-7-13(16)10-12)15(19)17-14-8-3-2-4-9-14/h2-10H,11H2,1H3,(H,17,19). The van der Waals surface area contributed by atoms with Crippen molar-refractivity contribution in [3.05, 3.63) is 66.0 Å². The number of nitrogens with zero attached hydrogens (tertiary/aromatic N) is 1. The molecular formula is C15H15FN2S. The Labute approximate surface area is 117 Å². The van der Waals surface area contributed by atoms with Gasteiger partial charge in [0.15, 0.2) is 5.11 Å². The molecule has 0 aliphatic heterocycles. The second-order valence-electron chi connectivity index (χ2n) is 4.28.